The van der Waals surface area contributed by atoms with Crippen molar-refractivity contribution in [3.8, 4) is 0 Å². The quantitative estimate of drug-likeness (QED) is 0.882. The number of aromatic nitrogens is 2. The van der Waals surface area contributed by atoms with Crippen LogP contribution in [-0.4, -0.2) is 28.7 Å². The molecule has 1 saturated heterocycles. The number of anilines is 1. The van der Waals surface area contributed by atoms with Gasteiger partial charge in [-0.15, -0.1) is 10.2 Å². The van der Waals surface area contributed by atoms with E-state index in [9.17, 15) is 4.79 Å². The topological polar surface area (TPSA) is 58.1 Å². The molecule has 1 N–H and O–H groups in total. The zero-order valence-corrected chi connectivity index (χ0v) is 15.2. The number of piperidine rings is 1. The molecule has 2 aromatic rings. The van der Waals surface area contributed by atoms with Gasteiger partial charge in [0.25, 0.3) is 5.91 Å². The van der Waals surface area contributed by atoms with Gasteiger partial charge in [-0.25, -0.2) is 0 Å². The van der Waals surface area contributed by atoms with Crippen molar-refractivity contribution in [3.63, 3.8) is 0 Å². The number of carbonyl (C=O) groups is 1. The Kier molecular flexibility index (Phi) is 5.87. The van der Waals surface area contributed by atoms with Crippen LogP contribution >= 0.6 is 11.6 Å². The third kappa shape index (κ3) is 4.28. The normalized spacial score (nSPS) is 17.4. The Labute approximate surface area is 153 Å². The van der Waals surface area contributed by atoms with E-state index >= 15 is 0 Å². The summed E-state index contributed by atoms with van der Waals surface area (Å²) in [6, 6.07) is 11.6. The maximum absolute atomic E-state index is 12.3. The molecule has 1 fully saturated rings. The number of hydrogen-bond acceptors (Lipinski definition) is 4. The molecule has 1 aliphatic rings. The lowest BCUT2D eigenvalue weighted by molar-refractivity contribution is 0.0945. The van der Waals surface area contributed by atoms with Crippen LogP contribution in [0.1, 0.15) is 48.7 Å². The summed E-state index contributed by atoms with van der Waals surface area (Å²) >= 11 is 6.10. The van der Waals surface area contributed by atoms with Gasteiger partial charge in [-0.1, -0.05) is 36.7 Å². The molecular weight excluding hydrogens is 336 g/mol. The van der Waals surface area contributed by atoms with Crippen LogP contribution in [0, 0.1) is 0 Å². The van der Waals surface area contributed by atoms with E-state index in [2.05, 4.69) is 27.3 Å². The maximum Gasteiger partial charge on any atom is 0.272 e. The summed E-state index contributed by atoms with van der Waals surface area (Å²) in [7, 11) is 0. The highest BCUT2D eigenvalue weighted by Crippen LogP contribution is 2.24. The van der Waals surface area contributed by atoms with Crippen LogP contribution in [0.25, 0.3) is 0 Å². The second-order valence-electron chi connectivity index (χ2n) is 6.30. The maximum atomic E-state index is 12.3. The van der Waals surface area contributed by atoms with E-state index in [0.717, 1.165) is 24.3 Å². The van der Waals surface area contributed by atoms with Gasteiger partial charge in [-0.2, -0.15) is 0 Å². The van der Waals surface area contributed by atoms with Crippen LogP contribution in [0.5, 0.6) is 0 Å². The first-order valence-corrected chi connectivity index (χ1v) is 9.19. The van der Waals surface area contributed by atoms with Crippen LogP contribution in [0.15, 0.2) is 36.4 Å². The predicted octanol–water partition coefficient (Wildman–Crippen LogP) is 3.83. The van der Waals surface area contributed by atoms with Crippen molar-refractivity contribution in [2.45, 2.75) is 45.2 Å². The smallest absolute Gasteiger partial charge is 0.272 e. The minimum Gasteiger partial charge on any atom is -0.352 e. The lowest BCUT2D eigenvalue weighted by Crippen LogP contribution is -2.39. The summed E-state index contributed by atoms with van der Waals surface area (Å²) in [6.45, 7) is 3.57. The summed E-state index contributed by atoms with van der Waals surface area (Å²) in [5.74, 6) is 0.610. The lowest BCUT2D eigenvalue weighted by atomic mass is 10.0. The van der Waals surface area contributed by atoms with Crippen molar-refractivity contribution in [3.05, 3.63) is 52.7 Å². The Morgan fingerprint density at radius 2 is 2.08 bits per heavy atom. The Morgan fingerprint density at radius 1 is 1.24 bits per heavy atom. The first-order valence-electron chi connectivity index (χ1n) is 8.81. The van der Waals surface area contributed by atoms with Gasteiger partial charge in [0.2, 0.25) is 0 Å². The highest BCUT2D eigenvalue weighted by Gasteiger charge is 2.22. The molecule has 1 aliphatic heterocycles. The van der Waals surface area contributed by atoms with Gasteiger partial charge in [0.1, 0.15) is 0 Å². The average Bonchev–Trinajstić information content (AvgIpc) is 2.67. The number of hydrogen-bond donors (Lipinski definition) is 1. The number of nitrogens with one attached hydrogen (secondary N) is 1. The van der Waals surface area contributed by atoms with E-state index in [4.69, 9.17) is 11.6 Å². The van der Waals surface area contributed by atoms with Crippen molar-refractivity contribution in [1.82, 2.24) is 15.5 Å². The molecular formula is C19H23ClN4O. The van der Waals surface area contributed by atoms with Crippen LogP contribution < -0.4 is 10.2 Å². The van der Waals surface area contributed by atoms with Gasteiger partial charge in [0, 0.05) is 24.2 Å². The fraction of sp³-hybridized carbons (Fsp3) is 0.421. The summed E-state index contributed by atoms with van der Waals surface area (Å²) < 4.78 is 0. The van der Waals surface area contributed by atoms with Crippen LogP contribution in [-0.2, 0) is 6.54 Å². The minimum atomic E-state index is -0.246. The van der Waals surface area contributed by atoms with Crippen LogP contribution in [0.2, 0.25) is 5.02 Å². The van der Waals surface area contributed by atoms with Crippen molar-refractivity contribution in [2.75, 3.05) is 11.4 Å². The van der Waals surface area contributed by atoms with E-state index in [-0.39, 0.29) is 5.91 Å². The Morgan fingerprint density at radius 3 is 2.80 bits per heavy atom. The van der Waals surface area contributed by atoms with Crippen molar-refractivity contribution in [2.24, 2.45) is 0 Å². The highest BCUT2D eigenvalue weighted by molar-refractivity contribution is 6.31. The number of benzene rings is 1. The number of rotatable bonds is 5. The van der Waals surface area contributed by atoms with E-state index in [0.29, 0.717) is 23.3 Å². The average molecular weight is 359 g/mol. The zero-order chi connectivity index (χ0) is 17.6. The molecule has 0 aliphatic carbocycles. The van der Waals surface area contributed by atoms with Gasteiger partial charge in [-0.05, 0) is 49.4 Å². The van der Waals surface area contributed by atoms with Crippen molar-refractivity contribution in [1.29, 1.82) is 0 Å². The molecule has 1 amide bonds. The minimum absolute atomic E-state index is 0.246. The summed E-state index contributed by atoms with van der Waals surface area (Å²) in [5, 5.41) is 11.9. The van der Waals surface area contributed by atoms with E-state index < -0.39 is 0 Å². The first kappa shape index (κ1) is 17.7. The lowest BCUT2D eigenvalue weighted by Gasteiger charge is -2.35. The van der Waals surface area contributed by atoms with Gasteiger partial charge in [0.05, 0.1) is 0 Å². The zero-order valence-electron chi connectivity index (χ0n) is 14.4. The predicted molar refractivity (Wildman–Crippen MR) is 99.9 cm³/mol. The molecule has 1 atom stereocenters. The molecule has 1 aromatic heterocycles. The number of nitrogens with zero attached hydrogens (tertiary/aromatic N) is 3. The SMILES string of the molecule is CCC1CCCCN1c1ccc(C(=O)NCc2ccccc2Cl)nn1. The van der Waals surface area contributed by atoms with E-state index in [1.165, 1.54) is 19.3 Å². The summed E-state index contributed by atoms with van der Waals surface area (Å²) in [5.41, 5.74) is 1.20. The fourth-order valence-corrected chi connectivity index (χ4v) is 3.44. The number of amides is 1. The van der Waals surface area contributed by atoms with E-state index in [1.807, 2.05) is 24.3 Å². The summed E-state index contributed by atoms with van der Waals surface area (Å²) in [6.07, 6.45) is 4.74. The molecule has 132 valence electrons. The van der Waals surface area contributed by atoms with Crippen LogP contribution in [0.3, 0.4) is 0 Å². The molecule has 0 bridgehead atoms. The molecule has 0 saturated carbocycles. The second kappa shape index (κ2) is 8.30. The third-order valence-corrected chi connectivity index (χ3v) is 5.04. The summed E-state index contributed by atoms with van der Waals surface area (Å²) in [4.78, 5) is 14.6. The molecule has 6 heteroatoms. The first-order chi connectivity index (χ1) is 12.2. The Balaban J connectivity index is 1.63. The molecule has 1 aromatic carbocycles. The molecule has 0 spiro atoms. The Hall–Kier alpha value is -2.14. The Bertz CT molecular complexity index is 720. The molecule has 0 radical (unpaired) electrons. The van der Waals surface area contributed by atoms with E-state index in [1.54, 1.807) is 12.1 Å². The van der Waals surface area contributed by atoms with Crippen molar-refractivity contribution >= 4 is 23.3 Å². The largest absolute Gasteiger partial charge is 0.352 e. The standard InChI is InChI=1S/C19H23ClN4O/c1-2-15-8-5-6-12-24(15)18-11-10-17(22-23-18)19(25)21-13-14-7-3-4-9-16(14)20/h3-4,7,9-11,15H,2,5-6,8,12-13H2,1H3,(H,21,25). The molecule has 5 nitrogen and oxygen atoms in total. The van der Waals surface area contributed by atoms with Gasteiger partial charge < -0.3 is 10.2 Å². The van der Waals surface area contributed by atoms with Gasteiger partial charge in [-0.3, -0.25) is 4.79 Å². The van der Waals surface area contributed by atoms with Crippen molar-refractivity contribution < 1.29 is 4.79 Å². The molecule has 2 heterocycles. The second-order valence-corrected chi connectivity index (χ2v) is 6.71. The fourth-order valence-electron chi connectivity index (χ4n) is 3.23. The monoisotopic (exact) mass is 358 g/mol. The highest BCUT2D eigenvalue weighted by atomic mass is 35.5. The molecule has 3 rings (SSSR count). The number of halogens is 1. The molecule has 25 heavy (non-hydrogen) atoms. The number of carbonyl (C=O) groups excluding carboxylic acids is 1. The van der Waals surface area contributed by atoms with Crippen LogP contribution in [0.4, 0.5) is 5.82 Å². The third-order valence-electron chi connectivity index (χ3n) is 4.67. The van der Waals surface area contributed by atoms with Gasteiger partial charge in [0.15, 0.2) is 11.5 Å². The van der Waals surface area contributed by atoms with Gasteiger partial charge >= 0.3 is 0 Å². The molecule has 1 unspecified atom stereocenters.